The van der Waals surface area contributed by atoms with Crippen LogP contribution >= 0.6 is 11.5 Å². The first kappa shape index (κ1) is 11.4. The van der Waals surface area contributed by atoms with Crippen LogP contribution in [0.4, 0.5) is 5.13 Å². The molecule has 17 heavy (non-hydrogen) atoms. The number of nitrogens with two attached hydrogens (primary N) is 1. The average Bonchev–Trinajstić information content (AvgIpc) is 3.07. The molecule has 4 nitrogen and oxygen atoms in total. The fourth-order valence-corrected chi connectivity index (χ4v) is 3.30. The molecular formula is C12H20N4S. The third-order valence-corrected chi connectivity index (χ3v) is 4.79. The Bertz CT molecular complexity index is 380. The fraction of sp³-hybridized carbons (Fsp3) is 0.833. The Morgan fingerprint density at radius 1 is 1.18 bits per heavy atom. The molecule has 0 radical (unpaired) electrons. The van der Waals surface area contributed by atoms with Crippen molar-refractivity contribution in [3.63, 3.8) is 0 Å². The molecule has 2 fully saturated rings. The van der Waals surface area contributed by atoms with Gasteiger partial charge in [0.2, 0.25) is 5.13 Å². The van der Waals surface area contributed by atoms with Gasteiger partial charge in [-0.15, -0.1) is 0 Å². The van der Waals surface area contributed by atoms with E-state index in [1.807, 2.05) is 0 Å². The highest BCUT2D eigenvalue weighted by Crippen LogP contribution is 2.40. The minimum Gasteiger partial charge on any atom is -0.347 e. The SMILES string of the molecule is CN(c1nc(C2CC2)ns1)C1CCC(N)CC1. The van der Waals surface area contributed by atoms with E-state index in [1.165, 1.54) is 25.7 Å². The van der Waals surface area contributed by atoms with Crippen LogP contribution in [0.25, 0.3) is 0 Å². The third-order valence-electron chi connectivity index (χ3n) is 3.96. The number of aromatic nitrogens is 2. The highest BCUT2D eigenvalue weighted by atomic mass is 32.1. The Morgan fingerprint density at radius 2 is 1.88 bits per heavy atom. The highest BCUT2D eigenvalue weighted by molar-refractivity contribution is 7.09. The molecule has 1 aromatic heterocycles. The van der Waals surface area contributed by atoms with Gasteiger partial charge in [-0.2, -0.15) is 4.37 Å². The van der Waals surface area contributed by atoms with E-state index in [9.17, 15) is 0 Å². The van der Waals surface area contributed by atoms with Crippen LogP contribution < -0.4 is 10.6 Å². The molecule has 0 amide bonds. The summed E-state index contributed by atoms with van der Waals surface area (Å²) in [5.41, 5.74) is 5.94. The van der Waals surface area contributed by atoms with Crippen LogP contribution in [-0.2, 0) is 0 Å². The first-order valence-corrected chi connectivity index (χ1v) is 7.33. The van der Waals surface area contributed by atoms with Gasteiger partial charge in [-0.05, 0) is 38.5 Å². The molecule has 1 heterocycles. The Labute approximate surface area is 106 Å². The Morgan fingerprint density at radius 3 is 2.53 bits per heavy atom. The first-order chi connectivity index (χ1) is 8.24. The van der Waals surface area contributed by atoms with Gasteiger partial charge >= 0.3 is 0 Å². The summed E-state index contributed by atoms with van der Waals surface area (Å²) in [5, 5.41) is 1.09. The normalized spacial score (nSPS) is 29.3. The van der Waals surface area contributed by atoms with Gasteiger partial charge in [-0.1, -0.05) is 0 Å². The van der Waals surface area contributed by atoms with Crippen LogP contribution in [0.15, 0.2) is 0 Å². The quantitative estimate of drug-likeness (QED) is 0.895. The molecule has 0 unspecified atom stereocenters. The predicted molar refractivity (Wildman–Crippen MR) is 70.5 cm³/mol. The van der Waals surface area contributed by atoms with Gasteiger partial charge in [0.25, 0.3) is 0 Å². The van der Waals surface area contributed by atoms with Crippen LogP contribution in [0.1, 0.15) is 50.3 Å². The molecule has 94 valence electrons. The lowest BCUT2D eigenvalue weighted by Gasteiger charge is -2.32. The molecule has 0 aromatic carbocycles. The van der Waals surface area contributed by atoms with Crippen molar-refractivity contribution in [2.45, 2.75) is 56.5 Å². The molecule has 5 heteroatoms. The zero-order chi connectivity index (χ0) is 11.8. The summed E-state index contributed by atoms with van der Waals surface area (Å²) in [5.74, 6) is 1.73. The minimum atomic E-state index is 0.413. The average molecular weight is 252 g/mol. The van der Waals surface area contributed by atoms with Crippen LogP contribution in [0.3, 0.4) is 0 Å². The number of rotatable bonds is 3. The van der Waals surface area contributed by atoms with Crippen molar-refractivity contribution in [3.8, 4) is 0 Å². The number of hydrogen-bond acceptors (Lipinski definition) is 5. The minimum absolute atomic E-state index is 0.413. The zero-order valence-corrected chi connectivity index (χ0v) is 11.1. The van der Waals surface area contributed by atoms with Crippen molar-refractivity contribution in [1.29, 1.82) is 0 Å². The third kappa shape index (κ3) is 2.45. The van der Waals surface area contributed by atoms with Gasteiger partial charge in [0.05, 0.1) is 0 Å². The molecule has 1 aromatic rings. The zero-order valence-electron chi connectivity index (χ0n) is 10.3. The van der Waals surface area contributed by atoms with E-state index < -0.39 is 0 Å². The van der Waals surface area contributed by atoms with E-state index in [0.717, 1.165) is 23.8 Å². The molecule has 3 rings (SSSR count). The van der Waals surface area contributed by atoms with E-state index >= 15 is 0 Å². The van der Waals surface area contributed by atoms with Crippen molar-refractivity contribution in [2.24, 2.45) is 5.73 Å². The Kier molecular flexibility index (Phi) is 3.04. The van der Waals surface area contributed by atoms with Crippen LogP contribution in [-0.4, -0.2) is 28.5 Å². The molecule has 2 aliphatic rings. The second kappa shape index (κ2) is 4.53. The summed E-state index contributed by atoms with van der Waals surface area (Å²) >= 11 is 1.55. The second-order valence-corrected chi connectivity index (χ2v) is 6.12. The van der Waals surface area contributed by atoms with E-state index in [0.29, 0.717) is 18.0 Å². The highest BCUT2D eigenvalue weighted by Gasteiger charge is 2.29. The van der Waals surface area contributed by atoms with Crippen LogP contribution in [0.2, 0.25) is 0 Å². The topological polar surface area (TPSA) is 55.0 Å². The van der Waals surface area contributed by atoms with Gasteiger partial charge in [0, 0.05) is 36.6 Å². The summed E-state index contributed by atoms with van der Waals surface area (Å²) in [6.45, 7) is 0. The van der Waals surface area contributed by atoms with Crippen molar-refractivity contribution in [1.82, 2.24) is 9.36 Å². The molecule has 0 saturated heterocycles. The molecule has 0 atom stereocenters. The number of nitrogens with zero attached hydrogens (tertiary/aromatic N) is 3. The summed E-state index contributed by atoms with van der Waals surface area (Å²) in [4.78, 5) is 6.98. The van der Waals surface area contributed by atoms with Gasteiger partial charge in [-0.3, -0.25) is 0 Å². The summed E-state index contributed by atoms with van der Waals surface area (Å²) in [7, 11) is 2.15. The van der Waals surface area contributed by atoms with E-state index in [-0.39, 0.29) is 0 Å². The standard InChI is InChI=1S/C12H20N4S/c1-16(10-6-4-9(13)5-7-10)12-14-11(15-17-12)8-2-3-8/h8-10H,2-7,13H2,1H3. The van der Waals surface area contributed by atoms with Gasteiger partial charge < -0.3 is 10.6 Å². The monoisotopic (exact) mass is 252 g/mol. The van der Waals surface area contributed by atoms with Crippen LogP contribution in [0, 0.1) is 0 Å². The number of hydrogen-bond donors (Lipinski definition) is 1. The molecule has 2 saturated carbocycles. The number of anilines is 1. The molecule has 0 bridgehead atoms. The van der Waals surface area contributed by atoms with E-state index in [4.69, 9.17) is 5.73 Å². The van der Waals surface area contributed by atoms with Crippen molar-refractivity contribution in [2.75, 3.05) is 11.9 Å². The van der Waals surface area contributed by atoms with Gasteiger partial charge in [-0.25, -0.2) is 4.98 Å². The maximum atomic E-state index is 5.94. The maximum absolute atomic E-state index is 5.94. The smallest absolute Gasteiger partial charge is 0.205 e. The van der Waals surface area contributed by atoms with Crippen molar-refractivity contribution < 1.29 is 0 Å². The van der Waals surface area contributed by atoms with Gasteiger partial charge in [0.15, 0.2) is 0 Å². The first-order valence-electron chi connectivity index (χ1n) is 6.56. The summed E-state index contributed by atoms with van der Waals surface area (Å²) < 4.78 is 4.47. The van der Waals surface area contributed by atoms with Gasteiger partial charge in [0.1, 0.15) is 5.82 Å². The summed E-state index contributed by atoms with van der Waals surface area (Å²) in [6.07, 6.45) is 7.22. The van der Waals surface area contributed by atoms with E-state index in [1.54, 1.807) is 11.5 Å². The molecule has 0 aliphatic heterocycles. The molecule has 2 N–H and O–H groups in total. The Balaban J connectivity index is 1.65. The largest absolute Gasteiger partial charge is 0.347 e. The maximum Gasteiger partial charge on any atom is 0.205 e. The Hall–Kier alpha value is -0.680. The second-order valence-electron chi connectivity index (χ2n) is 5.39. The summed E-state index contributed by atoms with van der Waals surface area (Å²) in [6, 6.07) is 1.02. The fourth-order valence-electron chi connectivity index (χ4n) is 2.52. The predicted octanol–water partition coefficient (Wildman–Crippen LogP) is 2.12. The van der Waals surface area contributed by atoms with E-state index in [2.05, 4.69) is 21.3 Å². The lowest BCUT2D eigenvalue weighted by atomic mass is 9.91. The molecular weight excluding hydrogens is 232 g/mol. The lowest BCUT2D eigenvalue weighted by molar-refractivity contribution is 0.384. The lowest BCUT2D eigenvalue weighted by Crippen LogP contribution is -2.38. The van der Waals surface area contributed by atoms with Crippen molar-refractivity contribution >= 4 is 16.7 Å². The van der Waals surface area contributed by atoms with Crippen molar-refractivity contribution in [3.05, 3.63) is 5.82 Å². The van der Waals surface area contributed by atoms with Crippen LogP contribution in [0.5, 0.6) is 0 Å². The molecule has 0 spiro atoms. The molecule has 2 aliphatic carbocycles.